The minimum Gasteiger partial charge on any atom is -0.382 e. The molecule has 0 aromatic carbocycles. The Labute approximate surface area is 89.5 Å². The number of hydrogen-bond donors (Lipinski definition) is 1. The number of rotatable bonds is 2. The van der Waals surface area contributed by atoms with Crippen LogP contribution in [0.15, 0.2) is 12.7 Å². The van der Waals surface area contributed by atoms with Gasteiger partial charge in [0, 0.05) is 11.4 Å². The lowest BCUT2D eigenvalue weighted by Crippen LogP contribution is -2.06. The summed E-state index contributed by atoms with van der Waals surface area (Å²) in [5.41, 5.74) is 7.11. The number of nitrogen functional groups attached to an aromatic ring is 1. The molecular weight excluding hydrogens is 246 g/mol. The van der Waals surface area contributed by atoms with E-state index in [1.54, 1.807) is 6.33 Å². The molecule has 2 heterocycles. The van der Waals surface area contributed by atoms with Crippen molar-refractivity contribution >= 4 is 32.9 Å². The van der Waals surface area contributed by atoms with E-state index in [-0.39, 0.29) is 0 Å². The molecule has 2 aromatic heterocycles. The Balaban J connectivity index is 2.52. The van der Waals surface area contributed by atoms with Crippen LogP contribution in [0, 0.1) is 0 Å². The summed E-state index contributed by atoms with van der Waals surface area (Å²) in [5, 5.41) is 0. The molecule has 0 aliphatic carbocycles. The van der Waals surface area contributed by atoms with Gasteiger partial charge in [-0.15, -0.1) is 0 Å². The molecule has 0 radical (unpaired) electrons. The lowest BCUT2D eigenvalue weighted by atomic mass is 10.4. The van der Waals surface area contributed by atoms with E-state index in [1.807, 2.05) is 4.57 Å². The highest BCUT2D eigenvalue weighted by atomic mass is 79.9. The first kappa shape index (κ1) is 9.39. The summed E-state index contributed by atoms with van der Waals surface area (Å²) in [5.74, 6) is 0.427. The summed E-state index contributed by atoms with van der Waals surface area (Å²) in [6.45, 7) is 2.88. The minimum atomic E-state index is 0.371. The molecule has 5 nitrogen and oxygen atoms in total. The summed E-state index contributed by atoms with van der Waals surface area (Å²) in [7, 11) is 0. The van der Waals surface area contributed by atoms with Crippen LogP contribution in [0.25, 0.3) is 11.2 Å². The first-order chi connectivity index (χ1) is 6.68. The smallest absolute Gasteiger partial charge is 0.165 e. The summed E-state index contributed by atoms with van der Waals surface area (Å²) in [6, 6.07) is 0. The molecule has 1 atom stereocenters. The van der Waals surface area contributed by atoms with Gasteiger partial charge in [0.15, 0.2) is 11.5 Å². The number of alkyl halides is 1. The van der Waals surface area contributed by atoms with Crippen LogP contribution in [0.5, 0.6) is 0 Å². The second-order valence-electron chi connectivity index (χ2n) is 3.11. The van der Waals surface area contributed by atoms with Gasteiger partial charge in [-0.05, 0) is 0 Å². The van der Waals surface area contributed by atoms with Crippen molar-refractivity contribution in [3.8, 4) is 0 Å². The zero-order valence-electron chi connectivity index (χ0n) is 7.68. The number of nitrogens with two attached hydrogens (primary N) is 1. The monoisotopic (exact) mass is 255 g/mol. The van der Waals surface area contributed by atoms with E-state index in [4.69, 9.17) is 5.73 Å². The molecule has 0 spiro atoms. The highest BCUT2D eigenvalue weighted by molar-refractivity contribution is 9.09. The third-order valence-electron chi connectivity index (χ3n) is 1.88. The SMILES string of the molecule is CC(Br)Cn1cnc2c(N)ncnc21. The van der Waals surface area contributed by atoms with Gasteiger partial charge < -0.3 is 10.3 Å². The second kappa shape index (κ2) is 3.53. The number of halogens is 1. The summed E-state index contributed by atoms with van der Waals surface area (Å²) in [6.07, 6.45) is 3.18. The molecule has 14 heavy (non-hydrogen) atoms. The van der Waals surface area contributed by atoms with Crippen LogP contribution in [0.2, 0.25) is 0 Å². The Morgan fingerprint density at radius 1 is 1.50 bits per heavy atom. The topological polar surface area (TPSA) is 69.6 Å². The second-order valence-corrected chi connectivity index (χ2v) is 4.67. The van der Waals surface area contributed by atoms with Crippen molar-refractivity contribution in [1.82, 2.24) is 19.5 Å². The molecule has 0 bridgehead atoms. The Morgan fingerprint density at radius 3 is 3.00 bits per heavy atom. The quantitative estimate of drug-likeness (QED) is 0.819. The van der Waals surface area contributed by atoms with E-state index in [9.17, 15) is 0 Å². The van der Waals surface area contributed by atoms with Crippen molar-refractivity contribution in [3.05, 3.63) is 12.7 Å². The fourth-order valence-corrected chi connectivity index (χ4v) is 1.62. The molecular formula is C8H10BrN5. The average molecular weight is 256 g/mol. The number of hydrogen-bond acceptors (Lipinski definition) is 4. The van der Waals surface area contributed by atoms with Crippen LogP contribution in [0.4, 0.5) is 5.82 Å². The third kappa shape index (κ3) is 1.57. The molecule has 1 unspecified atom stereocenters. The highest BCUT2D eigenvalue weighted by Crippen LogP contribution is 2.15. The van der Waals surface area contributed by atoms with Crippen LogP contribution in [0.3, 0.4) is 0 Å². The van der Waals surface area contributed by atoms with Gasteiger partial charge in [0.2, 0.25) is 0 Å². The molecule has 2 N–H and O–H groups in total. The Hall–Kier alpha value is -1.17. The van der Waals surface area contributed by atoms with Crippen LogP contribution < -0.4 is 5.73 Å². The van der Waals surface area contributed by atoms with Crippen LogP contribution >= 0.6 is 15.9 Å². The maximum Gasteiger partial charge on any atom is 0.165 e. The normalized spacial score (nSPS) is 13.3. The maximum absolute atomic E-state index is 5.66. The zero-order chi connectivity index (χ0) is 10.1. The number of anilines is 1. The molecule has 2 rings (SSSR count). The van der Waals surface area contributed by atoms with Gasteiger partial charge in [0.25, 0.3) is 0 Å². The van der Waals surface area contributed by atoms with Crippen LogP contribution in [0.1, 0.15) is 6.92 Å². The van der Waals surface area contributed by atoms with E-state index in [1.165, 1.54) is 6.33 Å². The predicted octanol–water partition coefficient (Wildman–Crippen LogP) is 1.19. The van der Waals surface area contributed by atoms with Gasteiger partial charge in [-0.2, -0.15) is 0 Å². The molecule has 0 amide bonds. The molecule has 6 heteroatoms. The first-order valence-electron chi connectivity index (χ1n) is 4.24. The largest absolute Gasteiger partial charge is 0.382 e. The average Bonchev–Trinajstić information content (AvgIpc) is 2.49. The van der Waals surface area contributed by atoms with Gasteiger partial charge in [-0.25, -0.2) is 15.0 Å². The summed E-state index contributed by atoms with van der Waals surface area (Å²) in [4.78, 5) is 12.6. The van der Waals surface area contributed by atoms with Crippen LogP contribution in [-0.2, 0) is 6.54 Å². The molecule has 0 saturated heterocycles. The van der Waals surface area contributed by atoms with Gasteiger partial charge in [0.05, 0.1) is 6.33 Å². The Morgan fingerprint density at radius 2 is 2.29 bits per heavy atom. The van der Waals surface area contributed by atoms with Crippen molar-refractivity contribution in [2.75, 3.05) is 5.73 Å². The Kier molecular flexibility index (Phi) is 2.37. The molecule has 74 valence electrons. The standard InChI is InChI=1S/C8H10BrN5/c1-5(9)2-14-4-13-6-7(10)11-3-12-8(6)14/h3-5H,2H2,1H3,(H2,10,11,12). The summed E-state index contributed by atoms with van der Waals surface area (Å²) >= 11 is 3.48. The molecule has 0 aliphatic rings. The predicted molar refractivity (Wildman–Crippen MR) is 58.1 cm³/mol. The first-order valence-corrected chi connectivity index (χ1v) is 5.15. The number of nitrogens with zero attached hydrogens (tertiary/aromatic N) is 4. The van der Waals surface area contributed by atoms with Gasteiger partial charge in [0.1, 0.15) is 11.8 Å². The lowest BCUT2D eigenvalue weighted by Gasteiger charge is -2.04. The van der Waals surface area contributed by atoms with E-state index in [2.05, 4.69) is 37.8 Å². The zero-order valence-corrected chi connectivity index (χ0v) is 9.27. The number of aromatic nitrogens is 4. The summed E-state index contributed by atoms with van der Waals surface area (Å²) < 4.78 is 1.95. The molecule has 0 aliphatic heterocycles. The van der Waals surface area contributed by atoms with Crippen LogP contribution in [-0.4, -0.2) is 24.3 Å². The fourth-order valence-electron chi connectivity index (χ4n) is 1.30. The highest BCUT2D eigenvalue weighted by Gasteiger charge is 2.08. The van der Waals surface area contributed by atoms with Crippen molar-refractivity contribution in [3.63, 3.8) is 0 Å². The fraction of sp³-hybridized carbons (Fsp3) is 0.375. The van der Waals surface area contributed by atoms with Crippen molar-refractivity contribution in [2.24, 2.45) is 0 Å². The van der Waals surface area contributed by atoms with E-state index in [0.29, 0.717) is 16.2 Å². The Bertz CT molecular complexity index is 450. The lowest BCUT2D eigenvalue weighted by molar-refractivity contribution is 0.711. The number of imidazole rings is 1. The maximum atomic E-state index is 5.66. The van der Waals surface area contributed by atoms with E-state index in [0.717, 1.165) is 12.2 Å². The van der Waals surface area contributed by atoms with Crippen molar-refractivity contribution in [1.29, 1.82) is 0 Å². The van der Waals surface area contributed by atoms with Gasteiger partial charge in [-0.1, -0.05) is 22.9 Å². The van der Waals surface area contributed by atoms with Gasteiger partial charge >= 0.3 is 0 Å². The van der Waals surface area contributed by atoms with E-state index < -0.39 is 0 Å². The van der Waals surface area contributed by atoms with Crippen molar-refractivity contribution < 1.29 is 0 Å². The number of fused-ring (bicyclic) bond motifs is 1. The molecule has 0 saturated carbocycles. The molecule has 2 aromatic rings. The van der Waals surface area contributed by atoms with Gasteiger partial charge in [-0.3, -0.25) is 0 Å². The minimum absolute atomic E-state index is 0.371. The molecule has 0 fully saturated rings. The third-order valence-corrected chi connectivity index (χ3v) is 2.17. The van der Waals surface area contributed by atoms with E-state index >= 15 is 0 Å². The van der Waals surface area contributed by atoms with Crippen molar-refractivity contribution in [2.45, 2.75) is 18.3 Å².